The number of hydrogen-bond acceptors (Lipinski definition) is 7. The van der Waals surface area contributed by atoms with Crippen LogP contribution in [-0.2, 0) is 14.3 Å². The molecule has 2 atom stereocenters. The van der Waals surface area contributed by atoms with Crippen molar-refractivity contribution in [3.8, 4) is 0 Å². The molecule has 4 heterocycles. The van der Waals surface area contributed by atoms with Gasteiger partial charge in [0.25, 0.3) is 0 Å². The first-order chi connectivity index (χ1) is 16.3. The van der Waals surface area contributed by atoms with Crippen LogP contribution in [0, 0.1) is 11.6 Å². The number of carboxylic acids is 1. The average molecular weight is 515 g/mol. The van der Waals surface area contributed by atoms with E-state index in [2.05, 4.69) is 5.32 Å². The number of benzene rings is 1. The van der Waals surface area contributed by atoms with Gasteiger partial charge < -0.3 is 35.4 Å². The SMILES string of the molecule is Cl.NCC1COC2(CCN(C3=C(F)C=C4CC(C(=O)O)=CN(c5ccc(F)cc5F)C4N3)CC2)O1. The van der Waals surface area contributed by atoms with E-state index in [1.807, 2.05) is 4.90 Å². The van der Waals surface area contributed by atoms with Crippen LogP contribution in [-0.4, -0.2) is 60.3 Å². The van der Waals surface area contributed by atoms with Gasteiger partial charge in [-0.1, -0.05) is 0 Å². The summed E-state index contributed by atoms with van der Waals surface area (Å²) in [5.74, 6) is -3.85. The molecule has 0 aliphatic carbocycles. The van der Waals surface area contributed by atoms with Crippen molar-refractivity contribution in [2.75, 3.05) is 31.1 Å². The molecule has 0 saturated carbocycles. The Balaban J connectivity index is 0.00000289. The van der Waals surface area contributed by atoms with Crippen LogP contribution >= 0.6 is 12.4 Å². The third-order valence-electron chi connectivity index (χ3n) is 6.61. The summed E-state index contributed by atoms with van der Waals surface area (Å²) in [4.78, 5) is 14.9. The van der Waals surface area contributed by atoms with Crippen LogP contribution in [0.5, 0.6) is 0 Å². The van der Waals surface area contributed by atoms with Gasteiger partial charge in [0.1, 0.15) is 23.6 Å². The minimum absolute atomic E-state index is 0. The van der Waals surface area contributed by atoms with Crippen molar-refractivity contribution < 1.29 is 32.5 Å². The summed E-state index contributed by atoms with van der Waals surface area (Å²) >= 11 is 0. The molecule has 0 amide bonds. The fourth-order valence-electron chi connectivity index (χ4n) is 4.84. The van der Waals surface area contributed by atoms with Crippen LogP contribution in [0.15, 0.2) is 53.3 Å². The van der Waals surface area contributed by atoms with E-state index >= 15 is 4.39 Å². The van der Waals surface area contributed by atoms with Gasteiger partial charge in [-0.05, 0) is 23.8 Å². The fraction of sp³-hybridized carbons (Fsp3) is 0.435. The number of carbonyl (C=O) groups is 1. The summed E-state index contributed by atoms with van der Waals surface area (Å²) in [6.45, 7) is 1.69. The van der Waals surface area contributed by atoms with Crippen molar-refractivity contribution in [2.24, 2.45) is 5.73 Å². The predicted octanol–water partition coefficient (Wildman–Crippen LogP) is 2.73. The molecule has 1 aromatic rings. The van der Waals surface area contributed by atoms with Crippen molar-refractivity contribution in [3.63, 3.8) is 0 Å². The molecule has 2 saturated heterocycles. The van der Waals surface area contributed by atoms with Gasteiger partial charge in [-0.15, -0.1) is 12.4 Å². The lowest BCUT2D eigenvalue weighted by atomic mass is 9.95. The Bertz CT molecular complexity index is 1100. The number of piperidine rings is 1. The zero-order valence-corrected chi connectivity index (χ0v) is 19.5. The first-order valence-electron chi connectivity index (χ1n) is 11.1. The number of likely N-dealkylation sites (tertiary alicyclic amines) is 1. The summed E-state index contributed by atoms with van der Waals surface area (Å²) in [7, 11) is 0. The molecule has 4 aliphatic heterocycles. The Morgan fingerprint density at radius 2 is 2.00 bits per heavy atom. The highest BCUT2D eigenvalue weighted by atomic mass is 35.5. The molecule has 4 N–H and O–H groups in total. The number of nitrogens with two attached hydrogens (primary N) is 1. The number of dihydropyridines is 1. The summed E-state index contributed by atoms with van der Waals surface area (Å²) in [5.41, 5.74) is 6.04. The molecular weight excluding hydrogens is 489 g/mol. The molecule has 190 valence electrons. The first-order valence-corrected chi connectivity index (χ1v) is 11.1. The lowest BCUT2D eigenvalue weighted by Crippen LogP contribution is -2.54. The van der Waals surface area contributed by atoms with Crippen LogP contribution in [0.1, 0.15) is 19.3 Å². The molecular formula is C23H26ClF3N4O4. The maximum absolute atomic E-state index is 15.2. The van der Waals surface area contributed by atoms with E-state index in [9.17, 15) is 18.7 Å². The maximum Gasteiger partial charge on any atom is 0.333 e. The fourth-order valence-corrected chi connectivity index (χ4v) is 4.84. The molecule has 0 bridgehead atoms. The Morgan fingerprint density at radius 1 is 1.26 bits per heavy atom. The van der Waals surface area contributed by atoms with E-state index in [0.29, 0.717) is 44.7 Å². The number of allylic oxidation sites excluding steroid dienone is 2. The monoisotopic (exact) mass is 514 g/mol. The smallest absolute Gasteiger partial charge is 0.333 e. The largest absolute Gasteiger partial charge is 0.478 e. The number of nitrogens with one attached hydrogen (secondary N) is 1. The van der Waals surface area contributed by atoms with Gasteiger partial charge in [0.15, 0.2) is 11.6 Å². The Kier molecular flexibility index (Phi) is 7.05. The molecule has 2 fully saturated rings. The van der Waals surface area contributed by atoms with Crippen molar-refractivity contribution >= 4 is 24.1 Å². The number of anilines is 1. The second kappa shape index (κ2) is 9.73. The number of carboxylic acid groups (broad SMARTS) is 1. The van der Waals surface area contributed by atoms with Gasteiger partial charge >= 0.3 is 5.97 Å². The standard InChI is InChI=1S/C23H25F3N4O4.ClH/c24-15-1-2-19(17(25)9-15)30-11-14(22(31)32)7-13-8-18(26)21(28-20(13)30)29-5-3-23(4-6-29)33-12-16(10-27)34-23;/h1-2,8-9,11,16,20,28H,3-7,10,12,27H2,(H,31,32);1H. The number of fused-ring (bicyclic) bond motifs is 1. The third-order valence-corrected chi connectivity index (χ3v) is 6.61. The lowest BCUT2D eigenvalue weighted by Gasteiger charge is -2.45. The second-order valence-corrected chi connectivity index (χ2v) is 8.79. The molecule has 8 nitrogen and oxygen atoms in total. The normalized spacial score (nSPS) is 25.5. The number of halogens is 4. The molecule has 35 heavy (non-hydrogen) atoms. The van der Waals surface area contributed by atoms with Crippen molar-refractivity contribution in [1.82, 2.24) is 10.2 Å². The molecule has 12 heteroatoms. The molecule has 5 rings (SSSR count). The van der Waals surface area contributed by atoms with E-state index in [1.165, 1.54) is 23.2 Å². The molecule has 0 aromatic heterocycles. The minimum Gasteiger partial charge on any atom is -0.478 e. The quantitative estimate of drug-likeness (QED) is 0.564. The van der Waals surface area contributed by atoms with Crippen LogP contribution in [0.2, 0.25) is 0 Å². The highest BCUT2D eigenvalue weighted by Gasteiger charge is 2.45. The maximum atomic E-state index is 15.2. The van der Waals surface area contributed by atoms with Crippen LogP contribution < -0.4 is 16.0 Å². The van der Waals surface area contributed by atoms with Crippen molar-refractivity contribution in [3.05, 3.63) is 64.9 Å². The Morgan fingerprint density at radius 3 is 2.63 bits per heavy atom. The Labute approximate surface area is 206 Å². The first kappa shape index (κ1) is 25.4. The number of aliphatic carboxylic acids is 1. The van der Waals surface area contributed by atoms with E-state index < -0.39 is 35.4 Å². The van der Waals surface area contributed by atoms with Gasteiger partial charge in [-0.25, -0.2) is 18.0 Å². The van der Waals surface area contributed by atoms with Crippen molar-refractivity contribution in [2.45, 2.75) is 37.3 Å². The van der Waals surface area contributed by atoms with E-state index in [-0.39, 0.29) is 42.0 Å². The highest BCUT2D eigenvalue weighted by Crippen LogP contribution is 2.38. The zero-order valence-electron chi connectivity index (χ0n) is 18.7. The molecule has 4 aliphatic rings. The van der Waals surface area contributed by atoms with Gasteiger partial charge in [0.2, 0.25) is 0 Å². The second-order valence-electron chi connectivity index (χ2n) is 8.79. The Hall–Kier alpha value is -2.73. The predicted molar refractivity (Wildman–Crippen MR) is 123 cm³/mol. The van der Waals surface area contributed by atoms with Gasteiger partial charge in [-0.2, -0.15) is 0 Å². The van der Waals surface area contributed by atoms with Crippen LogP contribution in [0.25, 0.3) is 0 Å². The highest BCUT2D eigenvalue weighted by molar-refractivity contribution is 5.88. The van der Waals surface area contributed by atoms with Gasteiger partial charge in [0.05, 0.1) is 24.0 Å². The van der Waals surface area contributed by atoms with E-state index in [4.69, 9.17) is 15.2 Å². The van der Waals surface area contributed by atoms with Crippen LogP contribution in [0.4, 0.5) is 18.9 Å². The summed E-state index contributed by atoms with van der Waals surface area (Å²) in [6, 6.07) is 3.04. The molecule has 1 aromatic carbocycles. The molecule has 0 radical (unpaired) electrons. The lowest BCUT2D eigenvalue weighted by molar-refractivity contribution is -0.192. The number of ether oxygens (including phenoxy) is 2. The van der Waals surface area contributed by atoms with E-state index in [0.717, 1.165) is 12.1 Å². The number of rotatable bonds is 4. The van der Waals surface area contributed by atoms with E-state index in [1.54, 1.807) is 0 Å². The number of hydrogen-bond donors (Lipinski definition) is 3. The average Bonchev–Trinajstić information content (AvgIpc) is 3.21. The van der Waals surface area contributed by atoms with Gasteiger partial charge in [-0.3, -0.25) is 0 Å². The summed E-state index contributed by atoms with van der Waals surface area (Å²) in [6.07, 6.45) is 2.71. The van der Waals surface area contributed by atoms with Gasteiger partial charge in [0, 0.05) is 51.2 Å². The van der Waals surface area contributed by atoms with Crippen LogP contribution in [0.3, 0.4) is 0 Å². The van der Waals surface area contributed by atoms with Crippen molar-refractivity contribution in [1.29, 1.82) is 0 Å². The number of nitrogens with zero attached hydrogens (tertiary/aromatic N) is 2. The molecule has 1 spiro atoms. The molecule has 2 unspecified atom stereocenters. The summed E-state index contributed by atoms with van der Waals surface area (Å²) in [5, 5.41) is 12.6. The summed E-state index contributed by atoms with van der Waals surface area (Å²) < 4.78 is 55.1. The minimum atomic E-state index is -1.20. The third kappa shape index (κ3) is 4.73. The zero-order chi connectivity index (χ0) is 24.0. The topological polar surface area (TPSA) is 100 Å².